The van der Waals surface area contributed by atoms with E-state index in [0.29, 0.717) is 16.9 Å². The second-order valence-electron chi connectivity index (χ2n) is 7.12. The van der Waals surface area contributed by atoms with Crippen molar-refractivity contribution in [2.24, 2.45) is 0 Å². The fourth-order valence-electron chi connectivity index (χ4n) is 3.27. The number of hydrogen-bond donors (Lipinski definition) is 1. The van der Waals surface area contributed by atoms with Gasteiger partial charge < -0.3 is 5.32 Å². The number of pyridine rings is 1. The zero-order valence-electron chi connectivity index (χ0n) is 17.1. The van der Waals surface area contributed by atoms with Crippen LogP contribution in [0.15, 0.2) is 89.8 Å². The molecule has 0 fully saturated rings. The molecule has 31 heavy (non-hydrogen) atoms. The molecule has 1 aromatic heterocycles. The number of para-hydroxylation sites is 2. The predicted molar refractivity (Wildman–Crippen MR) is 123 cm³/mol. The number of carbonyl (C=O) groups excluding carboxylic acids is 1. The van der Waals surface area contributed by atoms with Crippen LogP contribution in [0.5, 0.6) is 0 Å². The molecule has 0 aliphatic rings. The lowest BCUT2D eigenvalue weighted by Crippen LogP contribution is -2.26. The third kappa shape index (κ3) is 4.13. The van der Waals surface area contributed by atoms with E-state index in [0.717, 1.165) is 11.1 Å². The van der Waals surface area contributed by atoms with Crippen LogP contribution in [-0.2, 0) is 10.0 Å². The first-order valence-electron chi connectivity index (χ1n) is 9.68. The third-order valence-corrected chi connectivity index (χ3v) is 6.76. The lowest BCUT2D eigenvalue weighted by atomic mass is 10.1. The molecule has 0 saturated heterocycles. The average Bonchev–Trinajstić information content (AvgIpc) is 2.79. The zero-order valence-corrected chi connectivity index (χ0v) is 17.9. The number of sulfonamides is 1. The number of amides is 1. The SMILES string of the molecule is Cc1ccc2cccc(NC(=O)c3cccc(S(=O)(=O)N(C)c4ccccc4)c3)c2n1. The molecule has 4 rings (SSSR count). The maximum Gasteiger partial charge on any atom is 0.264 e. The highest BCUT2D eigenvalue weighted by molar-refractivity contribution is 7.92. The van der Waals surface area contributed by atoms with Gasteiger partial charge in [-0.15, -0.1) is 0 Å². The van der Waals surface area contributed by atoms with Gasteiger partial charge in [0, 0.05) is 23.7 Å². The summed E-state index contributed by atoms with van der Waals surface area (Å²) in [7, 11) is -2.33. The molecular formula is C24H21N3O3S. The van der Waals surface area contributed by atoms with Gasteiger partial charge in [0.25, 0.3) is 15.9 Å². The standard InChI is InChI=1S/C24H21N3O3S/c1-17-14-15-18-8-7-13-22(23(18)25-17)26-24(28)19-9-6-12-21(16-19)31(29,30)27(2)20-10-4-3-5-11-20/h3-16H,1-2H3,(H,26,28). The summed E-state index contributed by atoms with van der Waals surface area (Å²) in [6.07, 6.45) is 0. The predicted octanol–water partition coefficient (Wildman–Crippen LogP) is 4.62. The molecule has 3 aromatic carbocycles. The van der Waals surface area contributed by atoms with Crippen LogP contribution in [0.1, 0.15) is 16.1 Å². The zero-order chi connectivity index (χ0) is 22.0. The van der Waals surface area contributed by atoms with E-state index in [1.165, 1.54) is 23.5 Å². The van der Waals surface area contributed by atoms with Crippen molar-refractivity contribution in [3.63, 3.8) is 0 Å². The van der Waals surface area contributed by atoms with Gasteiger partial charge in [0.1, 0.15) is 0 Å². The number of nitrogens with one attached hydrogen (secondary N) is 1. The van der Waals surface area contributed by atoms with Gasteiger partial charge in [-0.05, 0) is 49.4 Å². The van der Waals surface area contributed by atoms with Gasteiger partial charge >= 0.3 is 0 Å². The van der Waals surface area contributed by atoms with Gasteiger partial charge in [0.2, 0.25) is 0 Å². The Morgan fingerprint density at radius 2 is 1.65 bits per heavy atom. The Labute approximate surface area is 181 Å². The molecule has 0 radical (unpaired) electrons. The molecule has 0 aliphatic heterocycles. The normalized spacial score (nSPS) is 11.3. The topological polar surface area (TPSA) is 79.4 Å². The highest BCUT2D eigenvalue weighted by Gasteiger charge is 2.22. The number of hydrogen-bond acceptors (Lipinski definition) is 4. The molecule has 1 amide bonds. The maximum atomic E-state index is 13.1. The van der Waals surface area contributed by atoms with E-state index in [9.17, 15) is 13.2 Å². The average molecular weight is 432 g/mol. The maximum absolute atomic E-state index is 13.1. The minimum absolute atomic E-state index is 0.0402. The molecule has 0 saturated carbocycles. The largest absolute Gasteiger partial charge is 0.320 e. The summed E-state index contributed by atoms with van der Waals surface area (Å²) in [6, 6.07) is 24.2. The van der Waals surface area contributed by atoms with Crippen LogP contribution in [0.4, 0.5) is 11.4 Å². The molecule has 1 heterocycles. The Hall–Kier alpha value is -3.71. The summed E-state index contributed by atoms with van der Waals surface area (Å²) in [4.78, 5) is 17.5. The van der Waals surface area contributed by atoms with Crippen LogP contribution in [0.3, 0.4) is 0 Å². The van der Waals surface area contributed by atoms with Crippen LogP contribution < -0.4 is 9.62 Å². The molecule has 1 N–H and O–H groups in total. The summed E-state index contributed by atoms with van der Waals surface area (Å²) in [5.41, 5.74) is 2.87. The Morgan fingerprint density at radius 3 is 2.42 bits per heavy atom. The summed E-state index contributed by atoms with van der Waals surface area (Å²) < 4.78 is 27.3. The van der Waals surface area contributed by atoms with Crippen molar-refractivity contribution < 1.29 is 13.2 Å². The fraction of sp³-hybridized carbons (Fsp3) is 0.0833. The van der Waals surface area contributed by atoms with E-state index in [2.05, 4.69) is 10.3 Å². The van der Waals surface area contributed by atoms with Crippen molar-refractivity contribution in [3.05, 3.63) is 96.2 Å². The molecule has 0 spiro atoms. The van der Waals surface area contributed by atoms with E-state index in [1.54, 1.807) is 42.5 Å². The van der Waals surface area contributed by atoms with Crippen molar-refractivity contribution >= 4 is 38.2 Å². The van der Waals surface area contributed by atoms with Crippen LogP contribution in [-0.4, -0.2) is 26.4 Å². The van der Waals surface area contributed by atoms with Gasteiger partial charge in [-0.25, -0.2) is 8.42 Å². The van der Waals surface area contributed by atoms with Crippen molar-refractivity contribution in [2.45, 2.75) is 11.8 Å². The van der Waals surface area contributed by atoms with Crippen molar-refractivity contribution in [3.8, 4) is 0 Å². The summed E-state index contributed by atoms with van der Waals surface area (Å²) in [5.74, 6) is -0.407. The Bertz CT molecular complexity index is 1370. The lowest BCUT2D eigenvalue weighted by Gasteiger charge is -2.19. The molecule has 0 unspecified atom stereocenters. The number of aromatic nitrogens is 1. The summed E-state index contributed by atoms with van der Waals surface area (Å²) in [5, 5.41) is 3.76. The first-order chi connectivity index (χ1) is 14.9. The second-order valence-corrected chi connectivity index (χ2v) is 9.09. The second kappa shape index (κ2) is 8.20. The van der Waals surface area contributed by atoms with E-state index < -0.39 is 15.9 Å². The molecular weight excluding hydrogens is 410 g/mol. The molecule has 7 heteroatoms. The molecule has 0 bridgehead atoms. The van der Waals surface area contributed by atoms with Crippen LogP contribution in [0.25, 0.3) is 10.9 Å². The van der Waals surface area contributed by atoms with E-state index in [4.69, 9.17) is 0 Å². The van der Waals surface area contributed by atoms with Gasteiger partial charge in [-0.1, -0.05) is 42.5 Å². The Kier molecular flexibility index (Phi) is 5.44. The number of benzene rings is 3. The van der Waals surface area contributed by atoms with Crippen LogP contribution >= 0.6 is 0 Å². The van der Waals surface area contributed by atoms with Crippen molar-refractivity contribution in [1.29, 1.82) is 0 Å². The quantitative estimate of drug-likeness (QED) is 0.500. The molecule has 0 aliphatic carbocycles. The first-order valence-corrected chi connectivity index (χ1v) is 11.1. The third-order valence-electron chi connectivity index (χ3n) is 4.98. The lowest BCUT2D eigenvalue weighted by molar-refractivity contribution is 0.102. The highest BCUT2D eigenvalue weighted by Crippen LogP contribution is 2.24. The van der Waals surface area contributed by atoms with E-state index in [1.807, 2.05) is 37.3 Å². The minimum Gasteiger partial charge on any atom is -0.320 e. The number of fused-ring (bicyclic) bond motifs is 1. The minimum atomic E-state index is -3.82. The van der Waals surface area contributed by atoms with Gasteiger partial charge in [0.15, 0.2) is 0 Å². The van der Waals surface area contributed by atoms with Crippen molar-refractivity contribution in [1.82, 2.24) is 4.98 Å². The Morgan fingerprint density at radius 1 is 0.903 bits per heavy atom. The van der Waals surface area contributed by atoms with Crippen LogP contribution in [0.2, 0.25) is 0 Å². The van der Waals surface area contributed by atoms with Crippen LogP contribution in [0, 0.1) is 6.92 Å². The number of rotatable bonds is 5. The Balaban J connectivity index is 1.64. The first kappa shape index (κ1) is 20.6. The molecule has 156 valence electrons. The number of nitrogens with zero attached hydrogens (tertiary/aromatic N) is 2. The fourth-order valence-corrected chi connectivity index (χ4v) is 4.51. The number of anilines is 2. The number of aryl methyl sites for hydroxylation is 1. The highest BCUT2D eigenvalue weighted by atomic mass is 32.2. The van der Waals surface area contributed by atoms with E-state index >= 15 is 0 Å². The summed E-state index contributed by atoms with van der Waals surface area (Å²) in [6.45, 7) is 1.88. The van der Waals surface area contributed by atoms with E-state index in [-0.39, 0.29) is 10.5 Å². The molecule has 4 aromatic rings. The molecule has 6 nitrogen and oxygen atoms in total. The number of carbonyl (C=O) groups is 1. The smallest absolute Gasteiger partial charge is 0.264 e. The summed E-state index contributed by atoms with van der Waals surface area (Å²) >= 11 is 0. The van der Waals surface area contributed by atoms with Gasteiger partial charge in [-0.3, -0.25) is 14.1 Å². The molecule has 0 atom stereocenters. The van der Waals surface area contributed by atoms with Crippen molar-refractivity contribution in [2.75, 3.05) is 16.7 Å². The van der Waals surface area contributed by atoms with Gasteiger partial charge in [-0.2, -0.15) is 0 Å². The van der Waals surface area contributed by atoms with Gasteiger partial charge in [0.05, 0.1) is 21.8 Å². The monoisotopic (exact) mass is 431 g/mol.